The van der Waals surface area contributed by atoms with E-state index in [-0.39, 0.29) is 24.2 Å². The third kappa shape index (κ3) is 7.54. The summed E-state index contributed by atoms with van der Waals surface area (Å²) in [7, 11) is 0. The lowest BCUT2D eigenvalue weighted by atomic mass is 10.0. The fraction of sp³-hybridized carbons (Fsp3) is 0.778. The third-order valence-corrected chi connectivity index (χ3v) is 1.41. The van der Waals surface area contributed by atoms with Gasteiger partial charge in [-0.3, -0.25) is 9.79 Å². The van der Waals surface area contributed by atoms with Gasteiger partial charge >= 0.3 is 0 Å². The SMILES string of the molecule is CC.CC(C)C(=O)C(N)CN=C(N)N. The van der Waals surface area contributed by atoms with Crippen LogP contribution in [0.15, 0.2) is 4.99 Å². The molecular weight excluding hydrogens is 180 g/mol. The molecule has 0 aliphatic carbocycles. The van der Waals surface area contributed by atoms with Gasteiger partial charge in [0.15, 0.2) is 11.7 Å². The number of carbonyl (C=O) groups is 1. The topological polar surface area (TPSA) is 107 Å². The fourth-order valence-corrected chi connectivity index (χ4v) is 0.722. The standard InChI is InChI=1S/C7H16N4O.C2H6/c1-4(2)6(12)5(8)3-11-7(9)10;1-2/h4-5H,3,8H2,1-2H3,(H4,9,10,11);1-2H3. The first-order valence-electron chi connectivity index (χ1n) is 4.79. The van der Waals surface area contributed by atoms with Gasteiger partial charge in [0.2, 0.25) is 0 Å². The van der Waals surface area contributed by atoms with Crippen LogP contribution in [-0.4, -0.2) is 24.3 Å². The molecule has 0 saturated carbocycles. The minimum Gasteiger partial charge on any atom is -0.370 e. The molecule has 0 rings (SSSR count). The zero-order valence-electron chi connectivity index (χ0n) is 9.45. The van der Waals surface area contributed by atoms with Crippen molar-refractivity contribution in [3.8, 4) is 0 Å². The Hall–Kier alpha value is -1.10. The van der Waals surface area contributed by atoms with E-state index >= 15 is 0 Å². The van der Waals surface area contributed by atoms with Crippen LogP contribution >= 0.6 is 0 Å². The number of hydrogen-bond acceptors (Lipinski definition) is 3. The molecule has 0 fully saturated rings. The Morgan fingerprint density at radius 3 is 2.00 bits per heavy atom. The molecule has 0 amide bonds. The fourth-order valence-electron chi connectivity index (χ4n) is 0.722. The van der Waals surface area contributed by atoms with E-state index in [2.05, 4.69) is 4.99 Å². The summed E-state index contributed by atoms with van der Waals surface area (Å²) in [4.78, 5) is 14.8. The van der Waals surface area contributed by atoms with Crippen molar-refractivity contribution >= 4 is 11.7 Å². The number of rotatable bonds is 4. The summed E-state index contributed by atoms with van der Waals surface area (Å²) in [5.74, 6) is -0.142. The van der Waals surface area contributed by atoms with Gasteiger partial charge in [0.05, 0.1) is 12.6 Å². The van der Waals surface area contributed by atoms with Crippen molar-refractivity contribution in [2.24, 2.45) is 28.1 Å². The molecule has 0 aliphatic heterocycles. The number of hydrogen-bond donors (Lipinski definition) is 3. The number of nitrogens with two attached hydrogens (primary N) is 3. The van der Waals surface area contributed by atoms with Crippen LogP contribution < -0.4 is 17.2 Å². The van der Waals surface area contributed by atoms with E-state index in [0.717, 1.165) is 0 Å². The molecule has 0 bridgehead atoms. The Balaban J connectivity index is 0. The maximum absolute atomic E-state index is 11.2. The predicted octanol–water partition coefficient (Wildman–Crippen LogP) is -0.162. The Labute approximate surface area is 85.7 Å². The minimum atomic E-state index is -0.591. The summed E-state index contributed by atoms with van der Waals surface area (Å²) < 4.78 is 0. The van der Waals surface area contributed by atoms with Crippen molar-refractivity contribution in [3.05, 3.63) is 0 Å². The van der Waals surface area contributed by atoms with Gasteiger partial charge in [-0.2, -0.15) is 0 Å². The molecule has 0 aliphatic rings. The van der Waals surface area contributed by atoms with Gasteiger partial charge < -0.3 is 17.2 Å². The second-order valence-electron chi connectivity index (χ2n) is 2.93. The van der Waals surface area contributed by atoms with Gasteiger partial charge in [-0.1, -0.05) is 27.7 Å². The lowest BCUT2D eigenvalue weighted by molar-refractivity contribution is -0.122. The quantitative estimate of drug-likeness (QED) is 0.435. The Kier molecular flexibility index (Phi) is 9.33. The van der Waals surface area contributed by atoms with Crippen molar-refractivity contribution in [2.45, 2.75) is 33.7 Å². The van der Waals surface area contributed by atoms with Gasteiger partial charge in [0, 0.05) is 5.92 Å². The lowest BCUT2D eigenvalue weighted by Crippen LogP contribution is -2.37. The molecular formula is C9H22N4O. The minimum absolute atomic E-state index is 0.0278. The molecule has 5 heteroatoms. The summed E-state index contributed by atoms with van der Waals surface area (Å²) in [5, 5.41) is 0. The highest BCUT2D eigenvalue weighted by Crippen LogP contribution is 1.97. The van der Waals surface area contributed by atoms with Crippen LogP contribution in [0.1, 0.15) is 27.7 Å². The Bertz CT molecular complexity index is 185. The van der Waals surface area contributed by atoms with Crippen LogP contribution in [0.2, 0.25) is 0 Å². The predicted molar refractivity (Wildman–Crippen MR) is 59.8 cm³/mol. The van der Waals surface area contributed by atoms with Crippen molar-refractivity contribution in [1.82, 2.24) is 0 Å². The Morgan fingerprint density at radius 1 is 1.29 bits per heavy atom. The van der Waals surface area contributed by atoms with Crippen molar-refractivity contribution in [2.75, 3.05) is 6.54 Å². The molecule has 6 N–H and O–H groups in total. The molecule has 84 valence electrons. The molecule has 5 nitrogen and oxygen atoms in total. The first kappa shape index (κ1) is 15.4. The average molecular weight is 202 g/mol. The molecule has 1 atom stereocenters. The number of nitrogens with zero attached hydrogens (tertiary/aromatic N) is 1. The molecule has 0 radical (unpaired) electrons. The zero-order valence-corrected chi connectivity index (χ0v) is 9.45. The first-order chi connectivity index (χ1) is 6.45. The van der Waals surface area contributed by atoms with E-state index in [4.69, 9.17) is 17.2 Å². The van der Waals surface area contributed by atoms with Crippen molar-refractivity contribution < 1.29 is 4.79 Å². The van der Waals surface area contributed by atoms with E-state index < -0.39 is 6.04 Å². The van der Waals surface area contributed by atoms with Gasteiger partial charge in [0.1, 0.15) is 0 Å². The monoisotopic (exact) mass is 202 g/mol. The molecule has 0 aromatic heterocycles. The molecule has 1 unspecified atom stereocenters. The number of guanidine groups is 1. The largest absolute Gasteiger partial charge is 0.370 e. The van der Waals surface area contributed by atoms with Crippen LogP contribution in [-0.2, 0) is 4.79 Å². The number of ketones is 1. The maximum atomic E-state index is 11.2. The van der Waals surface area contributed by atoms with E-state index in [1.165, 1.54) is 0 Å². The molecule has 0 aromatic carbocycles. The van der Waals surface area contributed by atoms with Crippen LogP contribution in [0.3, 0.4) is 0 Å². The second kappa shape index (κ2) is 8.50. The summed E-state index contributed by atoms with van der Waals surface area (Å²) in [6.45, 7) is 7.74. The smallest absolute Gasteiger partial charge is 0.185 e. The van der Waals surface area contributed by atoms with Crippen LogP contribution in [0, 0.1) is 5.92 Å². The van der Waals surface area contributed by atoms with Gasteiger partial charge in [-0.25, -0.2) is 0 Å². The number of carbonyl (C=O) groups excluding carboxylic acids is 1. The summed E-state index contributed by atoms with van der Waals surface area (Å²) in [6, 6.07) is -0.591. The van der Waals surface area contributed by atoms with E-state index in [1.54, 1.807) is 13.8 Å². The van der Waals surface area contributed by atoms with Crippen LogP contribution in [0.5, 0.6) is 0 Å². The third-order valence-electron chi connectivity index (χ3n) is 1.41. The highest BCUT2D eigenvalue weighted by atomic mass is 16.1. The number of Topliss-reactive ketones (excluding diaryl/α,β-unsaturated/α-hetero) is 1. The lowest BCUT2D eigenvalue weighted by Gasteiger charge is -2.09. The first-order valence-corrected chi connectivity index (χ1v) is 4.79. The molecule has 0 heterocycles. The van der Waals surface area contributed by atoms with Gasteiger partial charge in [0.25, 0.3) is 0 Å². The molecule has 0 saturated heterocycles. The van der Waals surface area contributed by atoms with Crippen molar-refractivity contribution in [1.29, 1.82) is 0 Å². The molecule has 14 heavy (non-hydrogen) atoms. The Morgan fingerprint density at radius 2 is 1.71 bits per heavy atom. The van der Waals surface area contributed by atoms with Crippen molar-refractivity contribution in [3.63, 3.8) is 0 Å². The highest BCUT2D eigenvalue weighted by molar-refractivity contribution is 5.86. The second-order valence-corrected chi connectivity index (χ2v) is 2.93. The maximum Gasteiger partial charge on any atom is 0.185 e. The molecule has 0 spiro atoms. The average Bonchev–Trinajstić information content (AvgIpc) is 2.15. The number of aliphatic imine (C=N–C) groups is 1. The van der Waals surface area contributed by atoms with Crippen LogP contribution in [0.4, 0.5) is 0 Å². The molecule has 0 aromatic rings. The zero-order chi connectivity index (χ0) is 11.7. The summed E-state index contributed by atoms with van der Waals surface area (Å²) >= 11 is 0. The van der Waals surface area contributed by atoms with Crippen LogP contribution in [0.25, 0.3) is 0 Å². The van der Waals surface area contributed by atoms with E-state index in [9.17, 15) is 4.79 Å². The summed E-state index contributed by atoms with van der Waals surface area (Å²) in [5.41, 5.74) is 15.7. The van der Waals surface area contributed by atoms with E-state index in [0.29, 0.717) is 0 Å². The summed E-state index contributed by atoms with van der Waals surface area (Å²) in [6.07, 6.45) is 0. The normalized spacial score (nSPS) is 11.3. The van der Waals surface area contributed by atoms with E-state index in [1.807, 2.05) is 13.8 Å². The van der Waals surface area contributed by atoms with Gasteiger partial charge in [-0.05, 0) is 0 Å². The highest BCUT2D eigenvalue weighted by Gasteiger charge is 2.15. The van der Waals surface area contributed by atoms with Gasteiger partial charge in [-0.15, -0.1) is 0 Å².